The van der Waals surface area contributed by atoms with Crippen molar-refractivity contribution >= 4 is 17.0 Å². The zero-order valence-electron chi connectivity index (χ0n) is 5.93. The summed E-state index contributed by atoms with van der Waals surface area (Å²) >= 11 is 5.26. The van der Waals surface area contributed by atoms with Gasteiger partial charge in [0.05, 0.1) is 0 Å². The summed E-state index contributed by atoms with van der Waals surface area (Å²) < 4.78 is 0. The minimum absolute atomic E-state index is 0.344. The number of carbonyl (C=O) groups is 1. The van der Waals surface area contributed by atoms with Crippen LogP contribution in [0, 0.1) is 0 Å². The van der Waals surface area contributed by atoms with Crippen molar-refractivity contribution in [3.05, 3.63) is 11.6 Å². The number of hydrogen-bond donors (Lipinski definition) is 0. The molecule has 0 saturated heterocycles. The van der Waals surface area contributed by atoms with Gasteiger partial charge in [-0.2, -0.15) is 0 Å². The van der Waals surface area contributed by atoms with Crippen LogP contribution in [-0.2, 0) is 0 Å². The van der Waals surface area contributed by atoms with E-state index < -0.39 is 0 Å². The zero-order valence-corrected chi connectivity index (χ0v) is 6.69. The first-order valence-corrected chi connectivity index (χ1v) is 3.68. The second-order valence-corrected chi connectivity index (χ2v) is 2.82. The Morgan fingerprint density at radius 2 is 2.50 bits per heavy atom. The van der Waals surface area contributed by atoms with E-state index in [-0.39, 0.29) is 5.37 Å². The average molecular weight is 160 g/mol. The third-order valence-corrected chi connectivity index (χ3v) is 1.92. The minimum atomic E-state index is -0.344. The monoisotopic (exact) mass is 159 g/mol. The third kappa shape index (κ3) is 1.74. The van der Waals surface area contributed by atoms with Crippen molar-refractivity contribution < 1.29 is 4.79 Å². The van der Waals surface area contributed by atoms with Gasteiger partial charge in [0.1, 0.15) is 0 Å². The van der Waals surface area contributed by atoms with E-state index in [1.165, 1.54) is 5.57 Å². The molecule has 0 saturated carbocycles. The van der Waals surface area contributed by atoms with Crippen molar-refractivity contribution in [3.8, 4) is 0 Å². The zero-order chi connectivity index (χ0) is 7.56. The van der Waals surface area contributed by atoms with E-state index in [1.54, 1.807) is 4.90 Å². The predicted octanol–water partition coefficient (Wildman–Crippen LogP) is 2.00. The molecule has 0 aromatic carbocycles. The summed E-state index contributed by atoms with van der Waals surface area (Å²) in [6, 6.07) is 0. The number of hydrogen-bond acceptors (Lipinski definition) is 1. The summed E-state index contributed by atoms with van der Waals surface area (Å²) in [6.07, 6.45) is 2.99. The molecule has 3 heteroatoms. The van der Waals surface area contributed by atoms with Gasteiger partial charge in [-0.15, -0.1) is 0 Å². The molecule has 10 heavy (non-hydrogen) atoms. The van der Waals surface area contributed by atoms with E-state index in [2.05, 4.69) is 6.92 Å². The van der Waals surface area contributed by atoms with Crippen LogP contribution in [0.2, 0.25) is 0 Å². The molecule has 0 N–H and O–H groups in total. The van der Waals surface area contributed by atoms with E-state index in [0.29, 0.717) is 6.54 Å². The van der Waals surface area contributed by atoms with E-state index in [0.717, 1.165) is 13.0 Å². The van der Waals surface area contributed by atoms with Crippen LogP contribution in [-0.4, -0.2) is 23.4 Å². The Labute approximate surface area is 65.5 Å². The van der Waals surface area contributed by atoms with Gasteiger partial charge in [-0.3, -0.25) is 4.79 Å². The van der Waals surface area contributed by atoms with Crippen molar-refractivity contribution in [1.82, 2.24) is 4.90 Å². The van der Waals surface area contributed by atoms with Gasteiger partial charge in [0.15, 0.2) is 0 Å². The molecule has 0 aromatic heterocycles. The van der Waals surface area contributed by atoms with Crippen LogP contribution < -0.4 is 0 Å². The maximum atomic E-state index is 10.6. The average Bonchev–Trinajstić information content (AvgIpc) is 1.88. The largest absolute Gasteiger partial charge is 0.325 e. The van der Waals surface area contributed by atoms with Crippen LogP contribution in [0.5, 0.6) is 0 Å². The van der Waals surface area contributed by atoms with E-state index in [1.807, 2.05) is 6.08 Å². The van der Waals surface area contributed by atoms with Crippen molar-refractivity contribution in [2.24, 2.45) is 0 Å². The molecule has 0 atom stereocenters. The van der Waals surface area contributed by atoms with Crippen LogP contribution in [0.25, 0.3) is 0 Å². The maximum absolute atomic E-state index is 10.6. The highest BCUT2D eigenvalue weighted by Gasteiger charge is 2.12. The fraction of sp³-hybridized carbons (Fsp3) is 0.571. The van der Waals surface area contributed by atoms with Gasteiger partial charge >= 0.3 is 5.37 Å². The highest BCUT2D eigenvalue weighted by molar-refractivity contribution is 6.62. The molecule has 2 nitrogen and oxygen atoms in total. The van der Waals surface area contributed by atoms with E-state index in [4.69, 9.17) is 11.6 Å². The lowest BCUT2D eigenvalue weighted by molar-refractivity contribution is 0.225. The first-order chi connectivity index (χ1) is 4.70. The Bertz CT molecular complexity index is 176. The molecular formula is C7H10ClNO. The van der Waals surface area contributed by atoms with Gasteiger partial charge in [0.2, 0.25) is 0 Å². The van der Waals surface area contributed by atoms with Crippen LogP contribution in [0.4, 0.5) is 4.79 Å². The molecule has 0 aromatic rings. The molecule has 1 amide bonds. The maximum Gasteiger partial charge on any atom is 0.316 e. The first kappa shape index (κ1) is 7.61. The summed E-state index contributed by atoms with van der Waals surface area (Å²) in [7, 11) is 0. The van der Waals surface area contributed by atoms with Gasteiger partial charge in [0.25, 0.3) is 0 Å². The van der Waals surface area contributed by atoms with Crippen molar-refractivity contribution in [2.75, 3.05) is 13.1 Å². The van der Waals surface area contributed by atoms with Gasteiger partial charge in [-0.05, 0) is 24.9 Å². The lowest BCUT2D eigenvalue weighted by atomic mass is 10.1. The smallest absolute Gasteiger partial charge is 0.316 e. The number of halogens is 1. The Hall–Kier alpha value is -0.500. The molecular weight excluding hydrogens is 150 g/mol. The first-order valence-electron chi connectivity index (χ1n) is 3.30. The van der Waals surface area contributed by atoms with Crippen LogP contribution in [0.1, 0.15) is 13.3 Å². The van der Waals surface area contributed by atoms with E-state index in [9.17, 15) is 4.79 Å². The van der Waals surface area contributed by atoms with Crippen LogP contribution in [0.3, 0.4) is 0 Å². The topological polar surface area (TPSA) is 20.3 Å². The molecule has 1 aliphatic heterocycles. The van der Waals surface area contributed by atoms with Gasteiger partial charge in [-0.1, -0.05) is 11.6 Å². The Morgan fingerprint density at radius 1 is 1.80 bits per heavy atom. The summed E-state index contributed by atoms with van der Waals surface area (Å²) in [5, 5.41) is -0.344. The third-order valence-electron chi connectivity index (χ3n) is 1.68. The fourth-order valence-electron chi connectivity index (χ4n) is 0.930. The number of amides is 1. The quantitative estimate of drug-likeness (QED) is 0.301. The fourth-order valence-corrected chi connectivity index (χ4v) is 1.08. The molecule has 0 spiro atoms. The summed E-state index contributed by atoms with van der Waals surface area (Å²) in [6.45, 7) is 3.51. The number of nitrogens with zero attached hydrogens (tertiary/aromatic N) is 1. The van der Waals surface area contributed by atoms with Crippen LogP contribution in [0.15, 0.2) is 11.6 Å². The van der Waals surface area contributed by atoms with Gasteiger partial charge < -0.3 is 4.90 Å². The molecule has 0 aliphatic carbocycles. The minimum Gasteiger partial charge on any atom is -0.325 e. The molecule has 1 aliphatic rings. The highest BCUT2D eigenvalue weighted by atomic mass is 35.5. The van der Waals surface area contributed by atoms with Crippen molar-refractivity contribution in [2.45, 2.75) is 13.3 Å². The molecule has 1 heterocycles. The number of carbonyl (C=O) groups excluding carboxylic acids is 1. The Morgan fingerprint density at radius 3 is 2.90 bits per heavy atom. The molecule has 0 bridgehead atoms. The molecule has 0 radical (unpaired) electrons. The summed E-state index contributed by atoms with van der Waals surface area (Å²) in [4.78, 5) is 12.2. The van der Waals surface area contributed by atoms with E-state index >= 15 is 0 Å². The summed E-state index contributed by atoms with van der Waals surface area (Å²) in [5.74, 6) is 0. The summed E-state index contributed by atoms with van der Waals surface area (Å²) in [5.41, 5.74) is 1.34. The molecule has 1 rings (SSSR count). The molecule has 0 fully saturated rings. The Kier molecular flexibility index (Phi) is 2.33. The highest BCUT2D eigenvalue weighted by Crippen LogP contribution is 2.10. The normalized spacial score (nSPS) is 18.6. The molecule has 56 valence electrons. The van der Waals surface area contributed by atoms with Gasteiger partial charge in [0, 0.05) is 13.1 Å². The standard InChI is InChI=1S/C7H10ClNO/c1-6-2-4-9(5-3-6)7(8)10/h2H,3-5H2,1H3. The molecule has 0 unspecified atom stereocenters. The Balaban J connectivity index is 2.50. The lowest BCUT2D eigenvalue weighted by Gasteiger charge is -2.22. The predicted molar refractivity (Wildman–Crippen MR) is 41.2 cm³/mol. The lowest BCUT2D eigenvalue weighted by Crippen LogP contribution is -2.30. The number of rotatable bonds is 0. The van der Waals surface area contributed by atoms with Crippen molar-refractivity contribution in [1.29, 1.82) is 0 Å². The SMILES string of the molecule is CC1=CCN(C(=O)Cl)CC1. The second kappa shape index (κ2) is 3.06. The van der Waals surface area contributed by atoms with Crippen molar-refractivity contribution in [3.63, 3.8) is 0 Å². The van der Waals surface area contributed by atoms with Gasteiger partial charge in [-0.25, -0.2) is 0 Å². The second-order valence-electron chi connectivity index (χ2n) is 2.50. The van der Waals surface area contributed by atoms with Crippen LogP contribution >= 0.6 is 11.6 Å².